The maximum absolute atomic E-state index is 9.13. The molecule has 0 atom stereocenters. The van der Waals surface area contributed by atoms with Crippen molar-refractivity contribution >= 4 is 30.5 Å². The standard InChI is InChI=1S/C10H8O.3C4H9.Sn/c11-10-6-5-8-3-1-2-4-9(8)7-10;3*1-3-4-2;/h1-7,11H;3*1,3-4H2,2H3;. The molecule has 0 amide bonds. The summed E-state index contributed by atoms with van der Waals surface area (Å²) in [6, 6.07) is 13.3. The molecule has 2 aromatic carbocycles. The monoisotopic (exact) mass is 435 g/mol. The molecule has 0 bridgehead atoms. The van der Waals surface area contributed by atoms with Gasteiger partial charge in [0.2, 0.25) is 0 Å². The van der Waals surface area contributed by atoms with Crippen LogP contribution in [0.5, 0.6) is 5.75 Å². The Bertz CT molecular complexity index is 533. The Morgan fingerprint density at radius 3 is 1.71 bits per heavy atom. The second kappa shape index (κ2) is 13.6. The third-order valence-electron chi connectivity index (χ3n) is 4.38. The van der Waals surface area contributed by atoms with Crippen molar-refractivity contribution in [3.8, 4) is 5.75 Å². The summed E-state index contributed by atoms with van der Waals surface area (Å²) in [4.78, 5) is 0. The molecule has 2 aromatic rings. The van der Waals surface area contributed by atoms with Gasteiger partial charge in [0.05, 0.1) is 0 Å². The van der Waals surface area contributed by atoms with Crippen molar-refractivity contribution in [2.45, 2.75) is 72.6 Å². The Morgan fingerprint density at radius 2 is 1.21 bits per heavy atom. The maximum atomic E-state index is 9.13. The molecule has 0 fully saturated rings. The predicted octanol–water partition coefficient (Wildman–Crippen LogP) is 7.43. The molecule has 24 heavy (non-hydrogen) atoms. The van der Waals surface area contributed by atoms with Gasteiger partial charge in [-0.25, -0.2) is 0 Å². The maximum Gasteiger partial charge on any atom is 0.116 e. The van der Waals surface area contributed by atoms with Crippen molar-refractivity contribution < 1.29 is 5.11 Å². The van der Waals surface area contributed by atoms with E-state index in [0.29, 0.717) is 5.75 Å². The minimum atomic E-state index is -0.839. The first-order chi connectivity index (χ1) is 11.7. The summed E-state index contributed by atoms with van der Waals surface area (Å²) in [5, 5.41) is 11.4. The zero-order valence-corrected chi connectivity index (χ0v) is 18.7. The number of phenols is 1. The van der Waals surface area contributed by atoms with E-state index in [0.717, 1.165) is 10.8 Å². The van der Waals surface area contributed by atoms with E-state index in [1.165, 1.54) is 38.5 Å². The first-order valence-electron chi connectivity index (χ1n) is 9.72. The van der Waals surface area contributed by atoms with Crippen molar-refractivity contribution in [1.29, 1.82) is 0 Å². The fourth-order valence-electron chi connectivity index (χ4n) is 2.83. The van der Waals surface area contributed by atoms with Gasteiger partial charge >= 0.3 is 92.4 Å². The largest absolute Gasteiger partial charge is 0.508 e. The summed E-state index contributed by atoms with van der Waals surface area (Å²) < 4.78 is 5.04. The summed E-state index contributed by atoms with van der Waals surface area (Å²) in [5.41, 5.74) is 0. The fraction of sp³-hybridized carbons (Fsp3) is 0.545. The van der Waals surface area contributed by atoms with Crippen molar-refractivity contribution in [1.82, 2.24) is 0 Å². The molecule has 1 N–H and O–H groups in total. The Morgan fingerprint density at radius 1 is 0.708 bits per heavy atom. The molecule has 1 radical (unpaired) electrons. The van der Waals surface area contributed by atoms with Crippen molar-refractivity contribution in [2.24, 2.45) is 0 Å². The summed E-state index contributed by atoms with van der Waals surface area (Å²) in [7, 11) is 0. The van der Waals surface area contributed by atoms with Crippen molar-refractivity contribution in [3.63, 3.8) is 0 Å². The number of rotatable bonds is 9. The quantitative estimate of drug-likeness (QED) is 0.407. The van der Waals surface area contributed by atoms with Crippen LogP contribution in [0.2, 0.25) is 13.3 Å². The molecule has 0 heterocycles. The smallest absolute Gasteiger partial charge is 0.116 e. The van der Waals surface area contributed by atoms with Crippen LogP contribution in [0.15, 0.2) is 42.5 Å². The summed E-state index contributed by atoms with van der Waals surface area (Å²) >= 11 is -0.839. The van der Waals surface area contributed by atoms with E-state index in [1.807, 2.05) is 30.3 Å². The third-order valence-corrected chi connectivity index (χ3v) is 13.5. The minimum absolute atomic E-state index is 0.323. The van der Waals surface area contributed by atoms with Gasteiger partial charge in [-0.3, -0.25) is 0 Å². The predicted molar refractivity (Wildman–Crippen MR) is 111 cm³/mol. The van der Waals surface area contributed by atoms with E-state index < -0.39 is 19.8 Å². The first-order valence-corrected chi connectivity index (χ1v) is 15.8. The Labute approximate surface area is 156 Å². The number of phenolic OH excluding ortho intramolecular Hbond substituents is 1. The molecule has 0 aliphatic rings. The topological polar surface area (TPSA) is 20.2 Å². The zero-order chi connectivity index (χ0) is 17.6. The molecule has 0 aromatic heterocycles. The molecule has 0 aliphatic carbocycles. The van der Waals surface area contributed by atoms with Gasteiger partial charge in [0, 0.05) is 0 Å². The van der Waals surface area contributed by atoms with E-state index >= 15 is 0 Å². The van der Waals surface area contributed by atoms with Gasteiger partial charge in [0.15, 0.2) is 0 Å². The fourth-order valence-corrected chi connectivity index (χ4v) is 12.3. The number of unbranched alkanes of at least 4 members (excludes halogenated alkanes) is 3. The molecule has 0 saturated heterocycles. The van der Waals surface area contributed by atoms with Crippen LogP contribution in [0.4, 0.5) is 0 Å². The van der Waals surface area contributed by atoms with Crippen LogP contribution in [0.25, 0.3) is 10.8 Å². The SMILES string of the molecule is CCC[CH2][Sn]([CH2]CCC)[CH2]CCC.Oc1ccc2ccccc2c1. The average Bonchev–Trinajstić information content (AvgIpc) is 2.61. The van der Waals surface area contributed by atoms with Crippen LogP contribution in [0.1, 0.15) is 59.3 Å². The normalized spacial score (nSPS) is 10.7. The van der Waals surface area contributed by atoms with Crippen LogP contribution >= 0.6 is 0 Å². The first kappa shape index (κ1) is 21.3. The average molecular weight is 434 g/mol. The van der Waals surface area contributed by atoms with Crippen LogP contribution in [-0.4, -0.2) is 24.9 Å². The van der Waals surface area contributed by atoms with Gasteiger partial charge < -0.3 is 5.11 Å². The molecule has 0 saturated carbocycles. The molecule has 2 rings (SSSR count). The van der Waals surface area contributed by atoms with E-state index in [1.54, 1.807) is 25.4 Å². The molecule has 0 spiro atoms. The Hall–Kier alpha value is -0.701. The number of hydrogen-bond donors (Lipinski definition) is 1. The summed E-state index contributed by atoms with van der Waals surface area (Å²) in [6.07, 6.45) is 8.85. The third kappa shape index (κ3) is 8.96. The van der Waals surface area contributed by atoms with Crippen molar-refractivity contribution in [2.75, 3.05) is 0 Å². The van der Waals surface area contributed by atoms with Gasteiger partial charge in [-0.15, -0.1) is 0 Å². The number of hydrogen-bond acceptors (Lipinski definition) is 1. The van der Waals surface area contributed by atoms with Gasteiger partial charge in [-0.1, -0.05) is 30.3 Å². The number of fused-ring (bicyclic) bond motifs is 1. The molecular formula is C22H35OSn. The van der Waals surface area contributed by atoms with E-state index in [4.69, 9.17) is 5.11 Å². The van der Waals surface area contributed by atoms with Gasteiger partial charge in [0.25, 0.3) is 0 Å². The minimum Gasteiger partial charge on any atom is -0.508 e. The molecule has 0 aliphatic heterocycles. The molecule has 133 valence electrons. The molecule has 2 heteroatoms. The van der Waals surface area contributed by atoms with Crippen LogP contribution in [0.3, 0.4) is 0 Å². The molecule has 1 nitrogen and oxygen atoms in total. The number of benzene rings is 2. The summed E-state index contributed by atoms with van der Waals surface area (Å²) in [6.45, 7) is 7.00. The molecular weight excluding hydrogens is 399 g/mol. The zero-order valence-electron chi connectivity index (χ0n) is 15.9. The Balaban J connectivity index is 0.000000242. The van der Waals surface area contributed by atoms with E-state index in [-0.39, 0.29) is 0 Å². The van der Waals surface area contributed by atoms with Crippen LogP contribution in [-0.2, 0) is 0 Å². The van der Waals surface area contributed by atoms with Crippen LogP contribution in [0, 0.1) is 0 Å². The van der Waals surface area contributed by atoms with Crippen LogP contribution < -0.4 is 0 Å². The van der Waals surface area contributed by atoms with E-state index in [9.17, 15) is 0 Å². The van der Waals surface area contributed by atoms with Crippen molar-refractivity contribution in [3.05, 3.63) is 42.5 Å². The van der Waals surface area contributed by atoms with Gasteiger partial charge in [-0.05, 0) is 22.9 Å². The second-order valence-electron chi connectivity index (χ2n) is 6.59. The van der Waals surface area contributed by atoms with Gasteiger partial charge in [0.1, 0.15) is 5.75 Å². The Kier molecular flexibility index (Phi) is 12.1. The molecule has 0 unspecified atom stereocenters. The number of aromatic hydroxyl groups is 1. The van der Waals surface area contributed by atoms with E-state index in [2.05, 4.69) is 20.8 Å². The van der Waals surface area contributed by atoms with Gasteiger partial charge in [-0.2, -0.15) is 0 Å². The summed E-state index contributed by atoms with van der Waals surface area (Å²) in [5.74, 6) is 0.323. The second-order valence-corrected chi connectivity index (χ2v) is 15.2.